The molecule has 0 aliphatic carbocycles. The zero-order valence-corrected chi connectivity index (χ0v) is 17.9. The number of aromatic nitrogens is 1. The molecule has 28 heavy (non-hydrogen) atoms. The van der Waals surface area contributed by atoms with Gasteiger partial charge in [0.05, 0.1) is 23.0 Å². The maximum Gasteiger partial charge on any atom is 0.255 e. The van der Waals surface area contributed by atoms with Gasteiger partial charge in [-0.15, -0.1) is 11.3 Å². The molecular formula is C20H23N3O3S2. The molecule has 0 saturated heterocycles. The van der Waals surface area contributed by atoms with Crippen LogP contribution < -0.4 is 10.0 Å². The van der Waals surface area contributed by atoms with Gasteiger partial charge >= 0.3 is 0 Å². The molecule has 2 aromatic carbocycles. The lowest BCUT2D eigenvalue weighted by Crippen LogP contribution is -2.20. The number of hydrogen-bond donors (Lipinski definition) is 2. The zero-order chi connectivity index (χ0) is 20.5. The minimum Gasteiger partial charge on any atom is -0.322 e. The van der Waals surface area contributed by atoms with E-state index in [1.165, 1.54) is 16.9 Å². The number of carbonyl (C=O) groups excluding carboxylic acids is 1. The van der Waals surface area contributed by atoms with Crippen LogP contribution in [0.15, 0.2) is 42.5 Å². The third-order valence-electron chi connectivity index (χ3n) is 4.19. The Hall–Kier alpha value is -2.29. The molecule has 0 aliphatic heterocycles. The minimum absolute atomic E-state index is 0.0360. The summed E-state index contributed by atoms with van der Waals surface area (Å²) >= 11 is 1.42. The standard InChI is InChI=1S/C20H23N3O3S2/c1-20(2,3)14-7-5-13(6-8-14)19(24)22-15-9-10-17-16(11-15)23-18(27-17)12-21-28(4,25)26/h5-11,21H,12H2,1-4H3,(H,22,24). The molecule has 0 fully saturated rings. The molecule has 1 heterocycles. The largest absolute Gasteiger partial charge is 0.322 e. The molecule has 1 amide bonds. The summed E-state index contributed by atoms with van der Waals surface area (Å²) in [4.78, 5) is 17.0. The lowest BCUT2D eigenvalue weighted by atomic mass is 9.87. The van der Waals surface area contributed by atoms with Crippen LogP contribution in [0.2, 0.25) is 0 Å². The number of benzene rings is 2. The van der Waals surface area contributed by atoms with Crippen molar-refractivity contribution >= 4 is 43.2 Å². The molecule has 0 saturated carbocycles. The maximum absolute atomic E-state index is 12.5. The van der Waals surface area contributed by atoms with Gasteiger partial charge < -0.3 is 5.32 Å². The Morgan fingerprint density at radius 3 is 2.39 bits per heavy atom. The molecule has 3 aromatic rings. The molecule has 0 spiro atoms. The molecule has 0 aliphatic rings. The number of hydrogen-bond acceptors (Lipinski definition) is 5. The summed E-state index contributed by atoms with van der Waals surface area (Å²) in [6, 6.07) is 13.1. The first-order valence-electron chi connectivity index (χ1n) is 8.77. The van der Waals surface area contributed by atoms with Crippen LogP contribution in [0.5, 0.6) is 0 Å². The number of nitrogens with one attached hydrogen (secondary N) is 2. The van der Waals surface area contributed by atoms with Gasteiger partial charge in [-0.25, -0.2) is 18.1 Å². The Morgan fingerprint density at radius 1 is 1.11 bits per heavy atom. The van der Waals surface area contributed by atoms with Crippen LogP contribution in [0.4, 0.5) is 5.69 Å². The van der Waals surface area contributed by atoms with E-state index >= 15 is 0 Å². The number of rotatable bonds is 5. The first kappa shape index (κ1) is 20.4. The second-order valence-electron chi connectivity index (χ2n) is 7.66. The summed E-state index contributed by atoms with van der Waals surface area (Å²) in [5.41, 5.74) is 3.16. The highest BCUT2D eigenvalue weighted by Crippen LogP contribution is 2.26. The van der Waals surface area contributed by atoms with Crippen LogP contribution in [-0.4, -0.2) is 25.6 Å². The van der Waals surface area contributed by atoms with Crippen molar-refractivity contribution in [1.29, 1.82) is 0 Å². The summed E-state index contributed by atoms with van der Waals surface area (Å²) in [5, 5.41) is 3.56. The smallest absolute Gasteiger partial charge is 0.255 e. The fraction of sp³-hybridized carbons (Fsp3) is 0.300. The second kappa shape index (κ2) is 7.62. The minimum atomic E-state index is -3.27. The molecule has 0 unspecified atom stereocenters. The third-order valence-corrected chi connectivity index (χ3v) is 5.89. The topological polar surface area (TPSA) is 88.2 Å². The maximum atomic E-state index is 12.5. The summed E-state index contributed by atoms with van der Waals surface area (Å²) in [7, 11) is -3.27. The number of sulfonamides is 1. The van der Waals surface area contributed by atoms with Crippen LogP contribution in [0.1, 0.15) is 41.7 Å². The van der Waals surface area contributed by atoms with Gasteiger partial charge in [0.1, 0.15) is 5.01 Å². The van der Waals surface area contributed by atoms with E-state index in [1.807, 2.05) is 36.4 Å². The first-order chi connectivity index (χ1) is 13.0. The third kappa shape index (κ3) is 5.15. The number of anilines is 1. The van der Waals surface area contributed by atoms with E-state index in [0.29, 0.717) is 16.3 Å². The van der Waals surface area contributed by atoms with E-state index in [4.69, 9.17) is 0 Å². The molecule has 148 valence electrons. The molecular weight excluding hydrogens is 394 g/mol. The number of amides is 1. The van der Waals surface area contributed by atoms with Gasteiger partial charge in [0.15, 0.2) is 0 Å². The van der Waals surface area contributed by atoms with E-state index in [2.05, 4.69) is 35.8 Å². The fourth-order valence-electron chi connectivity index (χ4n) is 2.65. The average Bonchev–Trinajstić information content (AvgIpc) is 3.01. The Morgan fingerprint density at radius 2 is 1.79 bits per heavy atom. The van der Waals surface area contributed by atoms with E-state index in [9.17, 15) is 13.2 Å². The van der Waals surface area contributed by atoms with Crippen LogP contribution in [0, 0.1) is 0 Å². The molecule has 0 radical (unpaired) electrons. The normalized spacial score (nSPS) is 12.3. The zero-order valence-electron chi connectivity index (χ0n) is 16.2. The van der Waals surface area contributed by atoms with Crippen molar-refractivity contribution in [2.45, 2.75) is 32.7 Å². The van der Waals surface area contributed by atoms with Crippen molar-refractivity contribution in [1.82, 2.24) is 9.71 Å². The SMILES string of the molecule is CC(C)(C)c1ccc(C(=O)Nc2ccc3sc(CNS(C)(=O)=O)nc3c2)cc1. The fourth-order valence-corrected chi connectivity index (χ4v) is 4.02. The van der Waals surface area contributed by atoms with Crippen molar-refractivity contribution in [2.75, 3.05) is 11.6 Å². The van der Waals surface area contributed by atoms with Crippen molar-refractivity contribution in [2.24, 2.45) is 0 Å². The summed E-state index contributed by atoms with van der Waals surface area (Å²) in [6.45, 7) is 6.54. The van der Waals surface area contributed by atoms with Gasteiger partial charge in [0.25, 0.3) is 5.91 Å². The Balaban J connectivity index is 1.74. The van der Waals surface area contributed by atoms with Gasteiger partial charge in [0.2, 0.25) is 10.0 Å². The van der Waals surface area contributed by atoms with Crippen molar-refractivity contribution < 1.29 is 13.2 Å². The highest BCUT2D eigenvalue weighted by molar-refractivity contribution is 7.88. The predicted molar refractivity (Wildman–Crippen MR) is 114 cm³/mol. The number of carbonyl (C=O) groups is 1. The quantitative estimate of drug-likeness (QED) is 0.659. The monoisotopic (exact) mass is 417 g/mol. The van der Waals surface area contributed by atoms with Crippen molar-refractivity contribution in [3.05, 3.63) is 58.6 Å². The van der Waals surface area contributed by atoms with Gasteiger partial charge in [-0.3, -0.25) is 4.79 Å². The second-order valence-corrected chi connectivity index (χ2v) is 10.6. The highest BCUT2D eigenvalue weighted by Gasteiger charge is 2.15. The Kier molecular flexibility index (Phi) is 5.56. The number of thiazole rings is 1. The van der Waals surface area contributed by atoms with Crippen LogP contribution in [0.25, 0.3) is 10.2 Å². The van der Waals surface area contributed by atoms with Crippen molar-refractivity contribution in [3.63, 3.8) is 0 Å². The molecule has 0 atom stereocenters. The number of fused-ring (bicyclic) bond motifs is 1. The first-order valence-corrected chi connectivity index (χ1v) is 11.5. The lowest BCUT2D eigenvalue weighted by Gasteiger charge is -2.19. The molecule has 3 rings (SSSR count). The van der Waals surface area contributed by atoms with E-state index in [1.54, 1.807) is 6.07 Å². The molecule has 0 bridgehead atoms. The lowest BCUT2D eigenvalue weighted by molar-refractivity contribution is 0.102. The van der Waals surface area contributed by atoms with E-state index < -0.39 is 10.0 Å². The molecule has 8 heteroatoms. The highest BCUT2D eigenvalue weighted by atomic mass is 32.2. The summed E-state index contributed by atoms with van der Waals surface area (Å²) in [5.74, 6) is -0.186. The van der Waals surface area contributed by atoms with Gasteiger partial charge in [-0.2, -0.15) is 0 Å². The molecule has 6 nitrogen and oxygen atoms in total. The predicted octanol–water partition coefficient (Wildman–Crippen LogP) is 3.90. The van der Waals surface area contributed by atoms with Gasteiger partial charge in [0, 0.05) is 11.3 Å². The van der Waals surface area contributed by atoms with Gasteiger partial charge in [-0.1, -0.05) is 32.9 Å². The van der Waals surface area contributed by atoms with Crippen LogP contribution in [-0.2, 0) is 22.0 Å². The average molecular weight is 418 g/mol. The van der Waals surface area contributed by atoms with Crippen LogP contribution >= 0.6 is 11.3 Å². The summed E-state index contributed by atoms with van der Waals surface area (Å²) in [6.07, 6.45) is 1.11. The van der Waals surface area contributed by atoms with Crippen molar-refractivity contribution in [3.8, 4) is 0 Å². The van der Waals surface area contributed by atoms with Gasteiger partial charge in [-0.05, 0) is 41.3 Å². The molecule has 2 N–H and O–H groups in total. The van der Waals surface area contributed by atoms with E-state index in [-0.39, 0.29) is 17.9 Å². The molecule has 1 aromatic heterocycles. The van der Waals surface area contributed by atoms with Crippen LogP contribution in [0.3, 0.4) is 0 Å². The number of nitrogens with zero attached hydrogens (tertiary/aromatic N) is 1. The van der Waals surface area contributed by atoms with E-state index in [0.717, 1.165) is 16.5 Å². The summed E-state index contributed by atoms with van der Waals surface area (Å²) < 4.78 is 25.8. The Bertz CT molecular complexity index is 1110. The Labute approximate surface area is 169 Å².